The van der Waals surface area contributed by atoms with Gasteiger partial charge in [0.1, 0.15) is 11.6 Å². The Balaban J connectivity index is 1.94. The van der Waals surface area contributed by atoms with Gasteiger partial charge in [0.2, 0.25) is 15.9 Å². The van der Waals surface area contributed by atoms with Gasteiger partial charge in [-0.2, -0.15) is 0 Å². The smallest absolute Gasteiger partial charge is 0.232 e. The van der Waals surface area contributed by atoms with Crippen LogP contribution in [0, 0.1) is 11.6 Å². The first-order valence-electron chi connectivity index (χ1n) is 7.55. The number of carbonyl (C=O) groups excluding carboxylic acids is 1. The molecule has 2 aromatic rings. The van der Waals surface area contributed by atoms with Crippen LogP contribution in [-0.4, -0.2) is 27.1 Å². The topological polar surface area (TPSA) is 66.5 Å². The standard InChI is InChI=1S/C17H18F2N2O3S/c1-25(23,24)21(14-6-3-2-4-7-14)11-5-8-17(22)20-16-10-9-13(18)12-15(16)19/h2-4,6-7,9-10,12H,5,8,11H2,1H3,(H,20,22). The minimum atomic E-state index is -3.49. The van der Waals surface area contributed by atoms with E-state index in [4.69, 9.17) is 0 Å². The van der Waals surface area contributed by atoms with Crippen LogP contribution in [0.15, 0.2) is 48.5 Å². The van der Waals surface area contributed by atoms with E-state index in [2.05, 4.69) is 5.32 Å². The zero-order valence-corrected chi connectivity index (χ0v) is 14.4. The van der Waals surface area contributed by atoms with Gasteiger partial charge in [-0.15, -0.1) is 0 Å². The molecule has 0 bridgehead atoms. The fraction of sp³-hybridized carbons (Fsp3) is 0.235. The number of nitrogens with zero attached hydrogens (tertiary/aromatic N) is 1. The van der Waals surface area contributed by atoms with Gasteiger partial charge in [-0.1, -0.05) is 18.2 Å². The summed E-state index contributed by atoms with van der Waals surface area (Å²) in [7, 11) is -3.49. The average molecular weight is 368 g/mol. The molecule has 0 spiro atoms. The van der Waals surface area contributed by atoms with Gasteiger partial charge in [-0.3, -0.25) is 9.10 Å². The molecule has 1 N–H and O–H groups in total. The van der Waals surface area contributed by atoms with Crippen molar-refractivity contribution < 1.29 is 22.0 Å². The molecule has 2 rings (SSSR count). The summed E-state index contributed by atoms with van der Waals surface area (Å²) < 4.78 is 51.4. The number of halogens is 2. The van der Waals surface area contributed by atoms with Crippen molar-refractivity contribution >= 4 is 27.3 Å². The number of carbonyl (C=O) groups is 1. The Kier molecular flexibility index (Phi) is 6.08. The van der Waals surface area contributed by atoms with Gasteiger partial charge < -0.3 is 5.32 Å². The molecule has 0 aliphatic carbocycles. The highest BCUT2D eigenvalue weighted by Gasteiger charge is 2.17. The van der Waals surface area contributed by atoms with Gasteiger partial charge >= 0.3 is 0 Å². The zero-order valence-electron chi connectivity index (χ0n) is 13.6. The van der Waals surface area contributed by atoms with Crippen molar-refractivity contribution in [2.24, 2.45) is 0 Å². The van der Waals surface area contributed by atoms with Gasteiger partial charge in [0, 0.05) is 19.0 Å². The lowest BCUT2D eigenvalue weighted by Gasteiger charge is -2.22. The fourth-order valence-electron chi connectivity index (χ4n) is 2.27. The molecule has 1 amide bonds. The SMILES string of the molecule is CS(=O)(=O)N(CCCC(=O)Nc1ccc(F)cc1F)c1ccccc1. The number of sulfonamides is 1. The van der Waals surface area contributed by atoms with Crippen molar-refractivity contribution in [1.29, 1.82) is 0 Å². The highest BCUT2D eigenvalue weighted by atomic mass is 32.2. The molecule has 8 heteroatoms. The Labute approximate surface area is 145 Å². The van der Waals surface area contributed by atoms with Crippen LogP contribution in [0.5, 0.6) is 0 Å². The van der Waals surface area contributed by atoms with E-state index in [1.165, 1.54) is 4.31 Å². The number of amides is 1. The van der Waals surface area contributed by atoms with Crippen LogP contribution in [0.25, 0.3) is 0 Å². The van der Waals surface area contributed by atoms with E-state index in [9.17, 15) is 22.0 Å². The van der Waals surface area contributed by atoms with Crippen molar-refractivity contribution in [3.8, 4) is 0 Å². The molecular formula is C17H18F2N2O3S. The largest absolute Gasteiger partial charge is 0.324 e. The number of rotatable bonds is 7. The molecule has 2 aromatic carbocycles. The van der Waals surface area contributed by atoms with E-state index >= 15 is 0 Å². The summed E-state index contributed by atoms with van der Waals surface area (Å²) in [5.41, 5.74) is 0.393. The number of hydrogen-bond donors (Lipinski definition) is 1. The van der Waals surface area contributed by atoms with E-state index in [-0.39, 0.29) is 25.1 Å². The molecule has 5 nitrogen and oxygen atoms in total. The van der Waals surface area contributed by atoms with Crippen molar-refractivity contribution in [2.75, 3.05) is 22.4 Å². The van der Waals surface area contributed by atoms with Crippen molar-refractivity contribution in [1.82, 2.24) is 0 Å². The lowest BCUT2D eigenvalue weighted by Crippen LogP contribution is -2.31. The lowest BCUT2D eigenvalue weighted by atomic mass is 10.2. The Morgan fingerprint density at radius 3 is 2.40 bits per heavy atom. The molecule has 0 atom stereocenters. The second kappa shape index (κ2) is 8.06. The van der Waals surface area contributed by atoms with Crippen LogP contribution in [0.1, 0.15) is 12.8 Å². The van der Waals surface area contributed by atoms with Crippen LogP contribution < -0.4 is 9.62 Å². The third-order valence-electron chi connectivity index (χ3n) is 3.41. The van der Waals surface area contributed by atoms with E-state index in [0.29, 0.717) is 11.8 Å². The first-order valence-corrected chi connectivity index (χ1v) is 9.40. The molecule has 0 radical (unpaired) electrons. The number of para-hydroxylation sites is 1. The van der Waals surface area contributed by atoms with Crippen molar-refractivity contribution in [2.45, 2.75) is 12.8 Å². The maximum atomic E-state index is 13.5. The summed E-state index contributed by atoms with van der Waals surface area (Å²) in [6.45, 7) is 0.113. The molecule has 0 heterocycles. The molecule has 0 aliphatic rings. The summed E-state index contributed by atoms with van der Waals surface area (Å²) in [5.74, 6) is -2.08. The summed E-state index contributed by atoms with van der Waals surface area (Å²) in [4.78, 5) is 11.9. The summed E-state index contributed by atoms with van der Waals surface area (Å²) in [5, 5.41) is 2.34. The van der Waals surface area contributed by atoms with Crippen LogP contribution >= 0.6 is 0 Å². The summed E-state index contributed by atoms with van der Waals surface area (Å²) in [6, 6.07) is 11.4. The van der Waals surface area contributed by atoms with Gasteiger partial charge in [0.25, 0.3) is 0 Å². The molecule has 0 aromatic heterocycles. The highest BCUT2D eigenvalue weighted by molar-refractivity contribution is 7.92. The van der Waals surface area contributed by atoms with E-state index in [0.717, 1.165) is 18.4 Å². The van der Waals surface area contributed by atoms with E-state index in [1.54, 1.807) is 30.3 Å². The van der Waals surface area contributed by atoms with E-state index in [1.807, 2.05) is 0 Å². The number of anilines is 2. The molecule has 0 aliphatic heterocycles. The first-order chi connectivity index (χ1) is 11.8. The van der Waals surface area contributed by atoms with Gasteiger partial charge in [0.05, 0.1) is 17.6 Å². The second-order valence-corrected chi connectivity index (χ2v) is 7.35. The van der Waals surface area contributed by atoms with Crippen LogP contribution in [-0.2, 0) is 14.8 Å². The Hall–Kier alpha value is -2.48. The molecule has 25 heavy (non-hydrogen) atoms. The van der Waals surface area contributed by atoms with Crippen molar-refractivity contribution in [3.05, 3.63) is 60.2 Å². The molecule has 0 saturated heterocycles. The van der Waals surface area contributed by atoms with Gasteiger partial charge in [-0.05, 0) is 30.7 Å². The predicted molar refractivity (Wildman–Crippen MR) is 92.9 cm³/mol. The second-order valence-electron chi connectivity index (χ2n) is 5.45. The zero-order chi connectivity index (χ0) is 18.4. The number of hydrogen-bond acceptors (Lipinski definition) is 3. The van der Waals surface area contributed by atoms with Gasteiger partial charge in [-0.25, -0.2) is 17.2 Å². The normalized spacial score (nSPS) is 11.2. The van der Waals surface area contributed by atoms with Crippen LogP contribution in [0.4, 0.5) is 20.2 Å². The minimum absolute atomic E-state index is 0.00430. The number of benzene rings is 2. The maximum Gasteiger partial charge on any atom is 0.232 e. The first kappa shape index (κ1) is 18.9. The number of nitrogens with one attached hydrogen (secondary N) is 1. The molecule has 0 saturated carbocycles. The summed E-state index contributed by atoms with van der Waals surface area (Å²) >= 11 is 0. The predicted octanol–water partition coefficient (Wildman–Crippen LogP) is 3.15. The Bertz CT molecular complexity index is 842. The van der Waals surface area contributed by atoms with Crippen LogP contribution in [0.2, 0.25) is 0 Å². The van der Waals surface area contributed by atoms with Crippen LogP contribution in [0.3, 0.4) is 0 Å². The molecular weight excluding hydrogens is 350 g/mol. The Morgan fingerprint density at radius 1 is 1.12 bits per heavy atom. The minimum Gasteiger partial charge on any atom is -0.324 e. The monoisotopic (exact) mass is 368 g/mol. The maximum absolute atomic E-state index is 13.5. The quantitative estimate of drug-likeness (QED) is 0.816. The highest BCUT2D eigenvalue weighted by Crippen LogP contribution is 2.18. The molecule has 0 fully saturated rings. The Morgan fingerprint density at radius 2 is 1.80 bits per heavy atom. The molecule has 0 unspecified atom stereocenters. The third-order valence-corrected chi connectivity index (χ3v) is 4.61. The lowest BCUT2D eigenvalue weighted by molar-refractivity contribution is -0.116. The van der Waals surface area contributed by atoms with E-state index < -0.39 is 27.6 Å². The summed E-state index contributed by atoms with van der Waals surface area (Å²) in [6.07, 6.45) is 1.33. The fourth-order valence-corrected chi connectivity index (χ4v) is 3.23. The average Bonchev–Trinajstić information content (AvgIpc) is 2.54. The van der Waals surface area contributed by atoms with Gasteiger partial charge in [0.15, 0.2) is 0 Å². The third kappa shape index (κ3) is 5.53. The van der Waals surface area contributed by atoms with Crippen molar-refractivity contribution in [3.63, 3.8) is 0 Å². The molecule has 134 valence electrons.